The Bertz CT molecular complexity index is 1460. The van der Waals surface area contributed by atoms with Crippen LogP contribution in [0, 0.1) is 11.6 Å². The summed E-state index contributed by atoms with van der Waals surface area (Å²) in [5.41, 5.74) is 3.46. The Morgan fingerprint density at radius 1 is 1.05 bits per heavy atom. The highest BCUT2D eigenvalue weighted by molar-refractivity contribution is 5.84. The highest BCUT2D eigenvalue weighted by atomic mass is 19.2. The molecule has 2 heterocycles. The number of nitrogens with one attached hydrogen (secondary N) is 2. The summed E-state index contributed by atoms with van der Waals surface area (Å²) < 4.78 is 38.6. The van der Waals surface area contributed by atoms with Gasteiger partial charge in [-0.25, -0.2) is 23.8 Å². The molecule has 1 saturated heterocycles. The Labute approximate surface area is 251 Å². The minimum atomic E-state index is -1.08. The van der Waals surface area contributed by atoms with Gasteiger partial charge in [-0.05, 0) is 12.5 Å². The number of hydrazine groups is 1. The van der Waals surface area contributed by atoms with E-state index in [-0.39, 0.29) is 69.5 Å². The van der Waals surface area contributed by atoms with Crippen molar-refractivity contribution in [2.45, 2.75) is 32.4 Å². The molecule has 1 aliphatic rings. The molecule has 15 heteroatoms. The first kappa shape index (κ1) is 31.9. The van der Waals surface area contributed by atoms with Crippen LogP contribution in [0.4, 0.5) is 24.2 Å². The number of rotatable bonds is 11. The third-order valence-corrected chi connectivity index (χ3v) is 6.98. The van der Waals surface area contributed by atoms with Gasteiger partial charge in [0.2, 0.25) is 11.8 Å². The number of amides is 4. The van der Waals surface area contributed by atoms with Crippen LogP contribution in [-0.4, -0.2) is 87.9 Å². The van der Waals surface area contributed by atoms with Crippen LogP contribution in [0.2, 0.25) is 0 Å². The summed E-state index contributed by atoms with van der Waals surface area (Å²) in [7, 11) is 0. The van der Waals surface area contributed by atoms with Crippen LogP contribution < -0.4 is 10.7 Å². The minimum Gasteiger partial charge on any atom is -0.465 e. The number of hydrogen-bond acceptors (Lipinski definition) is 8. The first-order chi connectivity index (χ1) is 21.1. The van der Waals surface area contributed by atoms with Gasteiger partial charge in [-0.15, -0.1) is 0 Å². The van der Waals surface area contributed by atoms with Gasteiger partial charge in [0.15, 0.2) is 23.2 Å². The monoisotopic (exact) mass is 614 g/mol. The second-order valence-corrected chi connectivity index (χ2v) is 9.95. The molecule has 1 fully saturated rings. The Hall–Kier alpha value is -5.05. The maximum absolute atomic E-state index is 14.3. The number of hydrogen-bond donors (Lipinski definition) is 3. The predicted molar refractivity (Wildman–Crippen MR) is 152 cm³/mol. The van der Waals surface area contributed by atoms with Crippen molar-refractivity contribution in [3.8, 4) is 11.3 Å². The van der Waals surface area contributed by atoms with Crippen molar-refractivity contribution in [1.82, 2.24) is 25.4 Å². The Balaban J connectivity index is 1.41. The normalized spacial score (nSPS) is 13.7. The largest absolute Gasteiger partial charge is 0.465 e. The fourth-order valence-electron chi connectivity index (χ4n) is 4.62. The van der Waals surface area contributed by atoms with Gasteiger partial charge >= 0.3 is 12.2 Å². The molecule has 0 bridgehead atoms. The van der Waals surface area contributed by atoms with E-state index in [2.05, 4.69) is 15.9 Å². The zero-order valence-corrected chi connectivity index (χ0v) is 23.9. The van der Waals surface area contributed by atoms with E-state index in [1.807, 2.05) is 18.2 Å². The van der Waals surface area contributed by atoms with E-state index >= 15 is 0 Å². The van der Waals surface area contributed by atoms with Crippen LogP contribution in [0.15, 0.2) is 59.1 Å². The first-order valence-corrected chi connectivity index (χ1v) is 13.8. The third kappa shape index (κ3) is 8.50. The van der Waals surface area contributed by atoms with Gasteiger partial charge < -0.3 is 24.2 Å². The topological polar surface area (TPSA) is 158 Å². The summed E-state index contributed by atoms with van der Waals surface area (Å²) in [6, 6.07) is 13.3. The van der Waals surface area contributed by atoms with E-state index < -0.39 is 35.8 Å². The molecule has 0 radical (unpaired) electrons. The molecule has 3 aromatic rings. The zero-order chi connectivity index (χ0) is 31.6. The fourth-order valence-corrected chi connectivity index (χ4v) is 4.62. The Kier molecular flexibility index (Phi) is 10.8. The molecule has 1 atom stereocenters. The van der Waals surface area contributed by atoms with E-state index in [1.54, 1.807) is 12.1 Å². The van der Waals surface area contributed by atoms with Crippen molar-refractivity contribution in [2.24, 2.45) is 0 Å². The fraction of sp³-hybridized carbons (Fsp3) is 0.345. The van der Waals surface area contributed by atoms with Crippen LogP contribution in [0.5, 0.6) is 0 Å². The van der Waals surface area contributed by atoms with E-state index in [0.717, 1.165) is 16.6 Å². The number of carbonyl (C=O) groups excluding carboxylic acids is 3. The van der Waals surface area contributed by atoms with Crippen LogP contribution in [0.3, 0.4) is 0 Å². The average Bonchev–Trinajstić information content (AvgIpc) is 3.48. The van der Waals surface area contributed by atoms with E-state index in [1.165, 1.54) is 34.9 Å². The van der Waals surface area contributed by atoms with E-state index in [0.29, 0.717) is 5.76 Å². The maximum Gasteiger partial charge on any atom is 0.412 e. The molecule has 234 valence electrons. The smallest absolute Gasteiger partial charge is 0.412 e. The van der Waals surface area contributed by atoms with Gasteiger partial charge in [0.1, 0.15) is 6.61 Å². The van der Waals surface area contributed by atoms with Crippen molar-refractivity contribution < 1.29 is 42.3 Å². The van der Waals surface area contributed by atoms with Crippen molar-refractivity contribution >= 4 is 29.8 Å². The van der Waals surface area contributed by atoms with Crippen molar-refractivity contribution in [2.75, 3.05) is 38.1 Å². The number of aromatic nitrogens is 1. The minimum absolute atomic E-state index is 0.0333. The quantitative estimate of drug-likeness (QED) is 0.274. The zero-order valence-electron chi connectivity index (χ0n) is 23.9. The number of carbonyl (C=O) groups is 4. The molecule has 0 saturated carbocycles. The van der Waals surface area contributed by atoms with Gasteiger partial charge in [-0.1, -0.05) is 47.6 Å². The highest BCUT2D eigenvalue weighted by Gasteiger charge is 2.28. The number of halogens is 2. The lowest BCUT2D eigenvalue weighted by Crippen LogP contribution is -2.52. The predicted octanol–water partition coefficient (Wildman–Crippen LogP) is 3.69. The van der Waals surface area contributed by atoms with Gasteiger partial charge in [-0.3, -0.25) is 19.9 Å². The Morgan fingerprint density at radius 2 is 1.75 bits per heavy atom. The van der Waals surface area contributed by atoms with Crippen molar-refractivity contribution in [3.63, 3.8) is 0 Å². The molecule has 1 aliphatic heterocycles. The molecule has 44 heavy (non-hydrogen) atoms. The Morgan fingerprint density at radius 3 is 2.43 bits per heavy atom. The lowest BCUT2D eigenvalue weighted by atomic mass is 10.1. The van der Waals surface area contributed by atoms with Gasteiger partial charge in [0, 0.05) is 63.3 Å². The van der Waals surface area contributed by atoms with Crippen LogP contribution >= 0.6 is 0 Å². The molecular formula is C29H32F2N6O7. The molecule has 4 rings (SSSR count). The van der Waals surface area contributed by atoms with Gasteiger partial charge in [0.05, 0.1) is 6.04 Å². The number of ether oxygens (including phenoxy) is 1. The van der Waals surface area contributed by atoms with Crippen molar-refractivity contribution in [1.29, 1.82) is 0 Å². The lowest BCUT2D eigenvalue weighted by Gasteiger charge is -2.34. The third-order valence-electron chi connectivity index (χ3n) is 6.98. The summed E-state index contributed by atoms with van der Waals surface area (Å²) >= 11 is 0. The number of nitrogens with zero attached hydrogens (tertiary/aromatic N) is 4. The molecule has 4 amide bonds. The molecule has 0 unspecified atom stereocenters. The summed E-state index contributed by atoms with van der Waals surface area (Å²) in [4.78, 5) is 52.1. The SMILES string of the molecule is CC(=O)N(NCc1cccc(F)c1F)[C@@H](CCC(=O)N1CCN(C(=O)O)CC1)COC(=O)Nc1cc(-c2ccccc2)on1. The summed E-state index contributed by atoms with van der Waals surface area (Å²) in [5.74, 6) is -2.43. The molecule has 1 aromatic heterocycles. The second kappa shape index (κ2) is 14.9. The molecular weight excluding hydrogens is 582 g/mol. The van der Waals surface area contributed by atoms with E-state index in [4.69, 9.17) is 14.4 Å². The summed E-state index contributed by atoms with van der Waals surface area (Å²) in [6.45, 7) is 1.36. The number of benzene rings is 2. The summed E-state index contributed by atoms with van der Waals surface area (Å²) in [5, 5.41) is 16.5. The number of piperazine rings is 1. The average molecular weight is 615 g/mol. The van der Waals surface area contributed by atoms with Crippen molar-refractivity contribution in [3.05, 3.63) is 71.8 Å². The number of anilines is 1. The lowest BCUT2D eigenvalue weighted by molar-refractivity contribution is -0.139. The highest BCUT2D eigenvalue weighted by Crippen LogP contribution is 2.22. The van der Waals surface area contributed by atoms with Crippen LogP contribution in [0.1, 0.15) is 25.3 Å². The molecule has 0 aliphatic carbocycles. The molecule has 3 N–H and O–H groups in total. The maximum atomic E-state index is 14.3. The van der Waals surface area contributed by atoms with Gasteiger partial charge in [0.25, 0.3) is 0 Å². The number of carboxylic acid groups (broad SMARTS) is 1. The second-order valence-electron chi connectivity index (χ2n) is 9.95. The van der Waals surface area contributed by atoms with Crippen LogP contribution in [0.25, 0.3) is 11.3 Å². The summed E-state index contributed by atoms with van der Waals surface area (Å²) in [6.07, 6.45) is -2.00. The molecule has 13 nitrogen and oxygen atoms in total. The standard InChI is InChI=1S/C29H32F2N6O7/c1-19(38)37(32-17-21-8-5-9-23(30)27(21)31)22(10-11-26(39)35-12-14-36(15-13-35)29(41)42)18-43-28(40)33-25-16-24(44-34-25)20-6-3-2-4-7-20/h2-9,16,22,32H,10-15,17-18H2,1H3,(H,41,42)(H,33,34,40)/t22-/m0/s1. The molecule has 0 spiro atoms. The first-order valence-electron chi connectivity index (χ1n) is 13.8. The van der Waals surface area contributed by atoms with Crippen LogP contribution in [-0.2, 0) is 20.9 Å². The van der Waals surface area contributed by atoms with E-state index in [9.17, 15) is 28.0 Å². The van der Waals surface area contributed by atoms with Gasteiger partial charge in [-0.2, -0.15) is 0 Å². The molecule has 2 aromatic carbocycles.